The van der Waals surface area contributed by atoms with E-state index in [1.165, 1.54) is 0 Å². The Morgan fingerprint density at radius 3 is 2.39 bits per heavy atom. The van der Waals surface area contributed by atoms with Gasteiger partial charge in [0, 0.05) is 0 Å². The molecule has 18 heavy (non-hydrogen) atoms. The Balaban J connectivity index is 2.23. The van der Waals surface area contributed by atoms with E-state index in [4.69, 9.17) is 5.14 Å². The monoisotopic (exact) mass is 275 g/mol. The summed E-state index contributed by atoms with van der Waals surface area (Å²) in [4.78, 5) is 0. The summed E-state index contributed by atoms with van der Waals surface area (Å²) >= 11 is 0. The van der Waals surface area contributed by atoms with Crippen molar-refractivity contribution in [3.8, 4) is 0 Å². The van der Waals surface area contributed by atoms with E-state index in [1.807, 2.05) is 0 Å². The van der Waals surface area contributed by atoms with Crippen LogP contribution in [0.5, 0.6) is 0 Å². The van der Waals surface area contributed by atoms with Gasteiger partial charge < -0.3 is 5.11 Å². The molecule has 0 aromatic rings. The van der Waals surface area contributed by atoms with Gasteiger partial charge in [0.1, 0.15) is 4.75 Å². The Hall–Kier alpha value is -0.130. The fraction of sp³-hybridized carbons (Fsp3) is 1.00. The number of rotatable bonds is 5. The van der Waals surface area contributed by atoms with Crippen molar-refractivity contribution in [2.75, 3.05) is 0 Å². The van der Waals surface area contributed by atoms with Gasteiger partial charge in [0.2, 0.25) is 10.0 Å². The molecule has 2 rings (SSSR count). The summed E-state index contributed by atoms with van der Waals surface area (Å²) in [6, 6.07) is 0. The zero-order valence-corrected chi connectivity index (χ0v) is 12.0. The molecule has 0 heterocycles. The summed E-state index contributed by atoms with van der Waals surface area (Å²) in [6.07, 6.45) is 7.58. The van der Waals surface area contributed by atoms with Gasteiger partial charge in [-0.3, -0.25) is 0 Å². The molecule has 2 unspecified atom stereocenters. The first-order valence-electron chi connectivity index (χ1n) is 7.12. The molecule has 0 amide bonds. The van der Waals surface area contributed by atoms with Crippen molar-refractivity contribution in [1.82, 2.24) is 0 Å². The zero-order valence-electron chi connectivity index (χ0n) is 11.2. The first-order valence-corrected chi connectivity index (χ1v) is 8.67. The number of unbranched alkanes of at least 4 members (excludes halogenated alkanes) is 1. The molecule has 5 heteroatoms. The highest BCUT2D eigenvalue weighted by Gasteiger charge is 2.72. The quantitative estimate of drug-likeness (QED) is 0.804. The molecule has 0 radical (unpaired) electrons. The van der Waals surface area contributed by atoms with E-state index < -0.39 is 20.4 Å². The predicted molar refractivity (Wildman–Crippen MR) is 71.5 cm³/mol. The van der Waals surface area contributed by atoms with Crippen LogP contribution >= 0.6 is 0 Å². The molecule has 3 N–H and O–H groups in total. The van der Waals surface area contributed by atoms with Gasteiger partial charge in [0.05, 0.1) is 5.60 Å². The second kappa shape index (κ2) is 4.76. The average molecular weight is 275 g/mol. The van der Waals surface area contributed by atoms with Gasteiger partial charge in [-0.25, -0.2) is 13.6 Å². The average Bonchev–Trinajstić information content (AvgIpc) is 3.03. The summed E-state index contributed by atoms with van der Waals surface area (Å²) in [7, 11) is -3.68. The third kappa shape index (κ3) is 2.10. The largest absolute Gasteiger partial charge is 0.388 e. The molecule has 0 spiro atoms. The Morgan fingerprint density at radius 1 is 1.28 bits per heavy atom. The van der Waals surface area contributed by atoms with Crippen molar-refractivity contribution in [2.45, 2.75) is 75.1 Å². The lowest BCUT2D eigenvalue weighted by Gasteiger charge is -2.39. The van der Waals surface area contributed by atoms with Crippen LogP contribution in [0.3, 0.4) is 0 Å². The smallest absolute Gasteiger partial charge is 0.217 e. The summed E-state index contributed by atoms with van der Waals surface area (Å²) in [6.45, 7) is 2.09. The topological polar surface area (TPSA) is 80.4 Å². The first-order chi connectivity index (χ1) is 8.37. The Kier molecular flexibility index (Phi) is 3.78. The van der Waals surface area contributed by atoms with Crippen molar-refractivity contribution in [1.29, 1.82) is 0 Å². The normalized spacial score (nSPS) is 35.4. The van der Waals surface area contributed by atoms with Crippen molar-refractivity contribution in [3.05, 3.63) is 0 Å². The number of hydrogen-bond acceptors (Lipinski definition) is 3. The van der Waals surface area contributed by atoms with E-state index in [9.17, 15) is 13.5 Å². The van der Waals surface area contributed by atoms with Gasteiger partial charge in [-0.15, -0.1) is 0 Å². The second-order valence-corrected chi connectivity index (χ2v) is 7.89. The fourth-order valence-corrected chi connectivity index (χ4v) is 5.59. The minimum absolute atomic E-state index is 0.0653. The van der Waals surface area contributed by atoms with E-state index in [0.717, 1.165) is 38.5 Å². The molecular formula is C13H25NO3S. The minimum Gasteiger partial charge on any atom is -0.388 e. The van der Waals surface area contributed by atoms with E-state index in [0.29, 0.717) is 19.3 Å². The minimum atomic E-state index is -3.68. The van der Waals surface area contributed by atoms with Crippen molar-refractivity contribution in [3.63, 3.8) is 0 Å². The maximum Gasteiger partial charge on any atom is 0.217 e. The molecule has 0 bridgehead atoms. The highest BCUT2D eigenvalue weighted by molar-refractivity contribution is 7.91. The Labute approximate surface area is 110 Å². The number of primary sulfonamides is 1. The van der Waals surface area contributed by atoms with Crippen LogP contribution < -0.4 is 5.14 Å². The molecule has 2 aliphatic carbocycles. The molecule has 2 aliphatic rings. The molecule has 0 aromatic carbocycles. The molecule has 0 aromatic heterocycles. The van der Waals surface area contributed by atoms with E-state index >= 15 is 0 Å². The van der Waals surface area contributed by atoms with Crippen LogP contribution in [-0.4, -0.2) is 23.9 Å². The van der Waals surface area contributed by atoms with Gasteiger partial charge in [-0.1, -0.05) is 39.0 Å². The van der Waals surface area contributed by atoms with E-state index in [1.54, 1.807) is 0 Å². The maximum atomic E-state index is 12.0. The molecule has 106 valence electrons. The lowest BCUT2D eigenvalue weighted by Crippen LogP contribution is -2.54. The van der Waals surface area contributed by atoms with Gasteiger partial charge in [-0.2, -0.15) is 0 Å². The van der Waals surface area contributed by atoms with Crippen LogP contribution in [0, 0.1) is 5.92 Å². The summed E-state index contributed by atoms with van der Waals surface area (Å²) in [5.41, 5.74) is -1.07. The third-order valence-corrected chi connectivity index (χ3v) is 6.83. The first kappa shape index (κ1) is 14.3. The van der Waals surface area contributed by atoms with Crippen LogP contribution in [0.25, 0.3) is 0 Å². The van der Waals surface area contributed by atoms with Crippen LogP contribution in [-0.2, 0) is 10.0 Å². The number of nitrogens with two attached hydrogens (primary N) is 1. The number of aliphatic hydroxyl groups is 1. The molecule has 4 nitrogen and oxygen atoms in total. The Morgan fingerprint density at radius 2 is 1.89 bits per heavy atom. The Bertz CT molecular complexity index is 400. The molecule has 2 atom stereocenters. The highest BCUT2D eigenvalue weighted by Crippen LogP contribution is 2.61. The number of hydrogen-bond donors (Lipinski definition) is 2. The lowest BCUT2D eigenvalue weighted by atomic mass is 9.79. The van der Waals surface area contributed by atoms with E-state index in [2.05, 4.69) is 6.92 Å². The third-order valence-electron chi connectivity index (χ3n) is 4.93. The molecule has 2 saturated carbocycles. The summed E-state index contributed by atoms with van der Waals surface area (Å²) in [5, 5.41) is 16.3. The van der Waals surface area contributed by atoms with Crippen molar-refractivity contribution >= 4 is 10.0 Å². The molecule has 0 saturated heterocycles. The van der Waals surface area contributed by atoms with Crippen molar-refractivity contribution in [2.24, 2.45) is 11.1 Å². The zero-order chi connectivity index (χ0) is 13.4. The SMILES string of the molecule is CCCCC1CC1(C1(O)CCCCC1)S(N)(=O)=O. The van der Waals surface area contributed by atoms with Crippen LogP contribution in [0.2, 0.25) is 0 Å². The van der Waals surface area contributed by atoms with Crippen LogP contribution in [0.15, 0.2) is 0 Å². The molecule has 2 fully saturated rings. The van der Waals surface area contributed by atoms with Gasteiger partial charge in [-0.05, 0) is 31.6 Å². The maximum absolute atomic E-state index is 12.0. The van der Waals surface area contributed by atoms with Gasteiger partial charge in [0.25, 0.3) is 0 Å². The highest BCUT2D eigenvalue weighted by atomic mass is 32.2. The van der Waals surface area contributed by atoms with Gasteiger partial charge >= 0.3 is 0 Å². The summed E-state index contributed by atoms with van der Waals surface area (Å²) in [5.74, 6) is 0.0653. The van der Waals surface area contributed by atoms with Crippen LogP contribution in [0.4, 0.5) is 0 Å². The second-order valence-electron chi connectivity index (χ2n) is 6.07. The van der Waals surface area contributed by atoms with Crippen LogP contribution in [0.1, 0.15) is 64.7 Å². The lowest BCUT2D eigenvalue weighted by molar-refractivity contribution is -0.0119. The molecular weight excluding hydrogens is 250 g/mol. The summed E-state index contributed by atoms with van der Waals surface area (Å²) < 4.78 is 23.0. The van der Waals surface area contributed by atoms with Crippen molar-refractivity contribution < 1.29 is 13.5 Å². The molecule has 0 aliphatic heterocycles. The predicted octanol–water partition coefficient (Wildman–Crippen LogP) is 1.92. The standard InChI is InChI=1S/C13H25NO3S/c1-2-3-7-11-10-13(11,18(14,16)17)12(15)8-5-4-6-9-12/h11,15H,2-10H2,1H3,(H2,14,16,17). The van der Waals surface area contributed by atoms with Gasteiger partial charge in [0.15, 0.2) is 0 Å². The van der Waals surface area contributed by atoms with E-state index in [-0.39, 0.29) is 5.92 Å². The fourth-order valence-electron chi connectivity index (χ4n) is 3.84. The number of sulfonamides is 1.